The van der Waals surface area contributed by atoms with E-state index in [9.17, 15) is 4.57 Å². The second-order valence-corrected chi connectivity index (χ2v) is 8.81. The maximum Gasteiger partial charge on any atom is 0.379 e. The van der Waals surface area contributed by atoms with E-state index in [0.29, 0.717) is 18.5 Å². The van der Waals surface area contributed by atoms with Crippen LogP contribution in [0.25, 0.3) is 0 Å². The van der Waals surface area contributed by atoms with Crippen LogP contribution in [0.2, 0.25) is 0 Å². The molecule has 0 aliphatic rings. The van der Waals surface area contributed by atoms with Gasteiger partial charge in [0.1, 0.15) is 5.75 Å². The van der Waals surface area contributed by atoms with Crippen molar-refractivity contribution in [2.45, 2.75) is 79.1 Å². The predicted octanol–water partition coefficient (Wildman–Crippen LogP) is 7.05. The number of unbranched alkanes of at least 4 members (excludes halogenated alkanes) is 6. The second kappa shape index (κ2) is 11.7. The maximum absolute atomic E-state index is 13.1. The quantitative estimate of drug-likeness (QED) is 0.281. The Kier molecular flexibility index (Phi) is 10.4. The first kappa shape index (κ1) is 21.3. The van der Waals surface area contributed by atoms with Crippen molar-refractivity contribution in [3.8, 4) is 5.75 Å². The van der Waals surface area contributed by atoms with Crippen LogP contribution in [0.1, 0.15) is 76.3 Å². The van der Waals surface area contributed by atoms with E-state index in [0.717, 1.165) is 36.8 Å². The minimum atomic E-state index is -3.06. The summed E-state index contributed by atoms with van der Waals surface area (Å²) >= 11 is 0. The van der Waals surface area contributed by atoms with Crippen molar-refractivity contribution in [1.29, 1.82) is 0 Å². The van der Waals surface area contributed by atoms with Crippen LogP contribution in [0, 0.1) is 13.8 Å². The van der Waals surface area contributed by atoms with Gasteiger partial charge >= 0.3 is 7.60 Å². The Balaban J connectivity index is 2.53. The third-order valence-electron chi connectivity index (χ3n) is 4.01. The molecule has 0 aromatic heterocycles. The lowest BCUT2D eigenvalue weighted by atomic mass is 10.1. The van der Waals surface area contributed by atoms with E-state index in [1.807, 2.05) is 26.0 Å². The summed E-state index contributed by atoms with van der Waals surface area (Å²) in [5, 5.41) is 0. The van der Waals surface area contributed by atoms with Crippen molar-refractivity contribution < 1.29 is 13.6 Å². The van der Waals surface area contributed by atoms with Gasteiger partial charge in [0.25, 0.3) is 0 Å². The van der Waals surface area contributed by atoms with Gasteiger partial charge in [-0.2, -0.15) is 0 Å². The molecule has 1 rings (SSSR count). The molecule has 0 amide bonds. The van der Waals surface area contributed by atoms with Crippen molar-refractivity contribution in [2.75, 3.05) is 12.8 Å². The van der Waals surface area contributed by atoms with Gasteiger partial charge in [-0.1, -0.05) is 58.4 Å². The highest BCUT2D eigenvalue weighted by molar-refractivity contribution is 7.54. The van der Waals surface area contributed by atoms with Crippen LogP contribution in [0.5, 0.6) is 5.75 Å². The molecule has 0 N–H and O–H groups in total. The molecule has 0 fully saturated rings. The Hall–Kier alpha value is -0.790. The molecule has 138 valence electrons. The molecule has 1 aromatic rings. The van der Waals surface area contributed by atoms with Crippen molar-refractivity contribution in [3.63, 3.8) is 0 Å². The van der Waals surface area contributed by atoms with Gasteiger partial charge in [0, 0.05) is 0 Å². The van der Waals surface area contributed by atoms with Crippen LogP contribution in [-0.4, -0.2) is 12.8 Å². The molecular formula is C20H35O3P. The van der Waals surface area contributed by atoms with Gasteiger partial charge in [-0.05, 0) is 49.9 Å². The molecule has 0 bridgehead atoms. The zero-order valence-electron chi connectivity index (χ0n) is 16.0. The molecule has 0 radical (unpaired) electrons. The van der Waals surface area contributed by atoms with E-state index in [-0.39, 0.29) is 0 Å². The minimum absolute atomic E-state index is 0.492. The highest BCUT2D eigenvalue weighted by Gasteiger charge is 2.25. The van der Waals surface area contributed by atoms with Crippen LogP contribution in [-0.2, 0) is 9.09 Å². The standard InChI is InChI=1S/C20H35O3P/c1-5-7-9-10-11-12-13-22-24(21,14-8-6-2)23-20-16-18(3)15-19(4)17-20/h15-17H,5-14H2,1-4H3. The van der Waals surface area contributed by atoms with Crippen LogP contribution in [0.3, 0.4) is 0 Å². The van der Waals surface area contributed by atoms with Crippen LogP contribution in [0.4, 0.5) is 0 Å². The summed E-state index contributed by atoms with van der Waals surface area (Å²) in [6.07, 6.45) is 9.49. The van der Waals surface area contributed by atoms with E-state index in [2.05, 4.69) is 19.9 Å². The van der Waals surface area contributed by atoms with Gasteiger partial charge in [0.15, 0.2) is 0 Å². The molecule has 1 aromatic carbocycles. The van der Waals surface area contributed by atoms with E-state index in [4.69, 9.17) is 9.05 Å². The summed E-state index contributed by atoms with van der Waals surface area (Å²) < 4.78 is 24.7. The normalized spacial score (nSPS) is 13.7. The largest absolute Gasteiger partial charge is 0.424 e. The molecule has 4 heteroatoms. The topological polar surface area (TPSA) is 35.5 Å². The first-order valence-electron chi connectivity index (χ1n) is 9.50. The Bertz CT molecular complexity index is 493. The molecular weight excluding hydrogens is 319 g/mol. The first-order chi connectivity index (χ1) is 11.5. The molecule has 0 aliphatic heterocycles. The number of benzene rings is 1. The number of rotatable bonds is 13. The first-order valence-corrected chi connectivity index (χ1v) is 11.2. The molecule has 0 saturated carbocycles. The maximum atomic E-state index is 13.1. The smallest absolute Gasteiger partial charge is 0.379 e. The van der Waals surface area contributed by atoms with Gasteiger partial charge in [0.2, 0.25) is 0 Å². The average molecular weight is 354 g/mol. The lowest BCUT2D eigenvalue weighted by Crippen LogP contribution is -2.04. The van der Waals surface area contributed by atoms with Gasteiger partial charge in [0.05, 0.1) is 12.8 Å². The van der Waals surface area contributed by atoms with Crippen LogP contribution >= 0.6 is 7.60 Å². The zero-order valence-corrected chi connectivity index (χ0v) is 16.9. The Morgan fingerprint density at radius 3 is 2.04 bits per heavy atom. The number of hydrogen-bond donors (Lipinski definition) is 0. The SMILES string of the molecule is CCCCCCCCOP(=O)(CCCC)Oc1cc(C)cc(C)c1. The highest BCUT2D eigenvalue weighted by Crippen LogP contribution is 2.49. The molecule has 1 atom stereocenters. The molecule has 3 nitrogen and oxygen atoms in total. The summed E-state index contributed by atoms with van der Waals surface area (Å²) in [5.74, 6) is 0.662. The van der Waals surface area contributed by atoms with Gasteiger partial charge < -0.3 is 4.52 Å². The van der Waals surface area contributed by atoms with Crippen molar-refractivity contribution >= 4 is 7.60 Å². The lowest BCUT2D eigenvalue weighted by molar-refractivity contribution is 0.257. The predicted molar refractivity (Wildman–Crippen MR) is 103 cm³/mol. The molecule has 1 unspecified atom stereocenters. The van der Waals surface area contributed by atoms with Crippen molar-refractivity contribution in [3.05, 3.63) is 29.3 Å². The third kappa shape index (κ3) is 8.89. The third-order valence-corrected chi connectivity index (χ3v) is 5.94. The molecule has 24 heavy (non-hydrogen) atoms. The fourth-order valence-corrected chi connectivity index (χ4v) is 4.53. The Morgan fingerprint density at radius 1 is 0.833 bits per heavy atom. The van der Waals surface area contributed by atoms with Crippen LogP contribution < -0.4 is 4.52 Å². The molecule has 0 saturated heterocycles. The molecule has 0 spiro atoms. The van der Waals surface area contributed by atoms with Crippen molar-refractivity contribution in [2.24, 2.45) is 0 Å². The summed E-state index contributed by atoms with van der Waals surface area (Å²) in [7, 11) is -3.06. The Labute approximate surface area is 148 Å². The zero-order chi connectivity index (χ0) is 17.8. The summed E-state index contributed by atoms with van der Waals surface area (Å²) in [5.41, 5.74) is 2.23. The minimum Gasteiger partial charge on any atom is -0.424 e. The van der Waals surface area contributed by atoms with E-state index < -0.39 is 7.60 Å². The van der Waals surface area contributed by atoms with Gasteiger partial charge in [-0.15, -0.1) is 0 Å². The van der Waals surface area contributed by atoms with E-state index >= 15 is 0 Å². The average Bonchev–Trinajstić information content (AvgIpc) is 2.51. The molecule has 0 heterocycles. The fraction of sp³-hybridized carbons (Fsp3) is 0.700. The summed E-state index contributed by atoms with van der Waals surface area (Å²) in [6.45, 7) is 8.88. The van der Waals surface area contributed by atoms with E-state index in [1.165, 1.54) is 25.7 Å². The number of hydrogen-bond acceptors (Lipinski definition) is 3. The van der Waals surface area contributed by atoms with Crippen molar-refractivity contribution in [1.82, 2.24) is 0 Å². The number of aryl methyl sites for hydroxylation is 2. The lowest BCUT2D eigenvalue weighted by Gasteiger charge is -2.20. The van der Waals surface area contributed by atoms with Gasteiger partial charge in [-0.25, -0.2) is 4.57 Å². The summed E-state index contributed by atoms with van der Waals surface area (Å²) in [6, 6.07) is 5.94. The molecule has 0 aliphatic carbocycles. The summed E-state index contributed by atoms with van der Waals surface area (Å²) in [4.78, 5) is 0. The highest BCUT2D eigenvalue weighted by atomic mass is 31.2. The second-order valence-electron chi connectivity index (χ2n) is 6.70. The fourth-order valence-electron chi connectivity index (χ4n) is 2.72. The van der Waals surface area contributed by atoms with Gasteiger partial charge in [-0.3, -0.25) is 4.52 Å². The van der Waals surface area contributed by atoms with E-state index in [1.54, 1.807) is 0 Å². The monoisotopic (exact) mass is 354 g/mol. The van der Waals surface area contributed by atoms with Crippen LogP contribution in [0.15, 0.2) is 18.2 Å². The Morgan fingerprint density at radius 2 is 1.42 bits per heavy atom.